The van der Waals surface area contributed by atoms with Crippen molar-refractivity contribution in [3.63, 3.8) is 0 Å². The van der Waals surface area contributed by atoms with E-state index in [0.29, 0.717) is 5.69 Å². The fourth-order valence-electron chi connectivity index (χ4n) is 1.83. The molecule has 0 spiro atoms. The Bertz CT molecular complexity index is 660. The Morgan fingerprint density at radius 2 is 2.25 bits per heavy atom. The molecule has 0 fully saturated rings. The lowest BCUT2D eigenvalue weighted by Gasteiger charge is -2.10. The van der Waals surface area contributed by atoms with E-state index in [4.69, 9.17) is 0 Å². The molecule has 0 bridgehead atoms. The number of aliphatic hydroxyl groups is 1. The quantitative estimate of drug-likeness (QED) is 0.846. The van der Waals surface area contributed by atoms with E-state index in [-0.39, 0.29) is 24.1 Å². The second kappa shape index (κ2) is 6.04. The Balaban J connectivity index is 2.21. The third-order valence-corrected chi connectivity index (χ3v) is 5.00. The minimum atomic E-state index is -3.58. The first-order valence-electron chi connectivity index (χ1n) is 6.12. The van der Waals surface area contributed by atoms with E-state index >= 15 is 0 Å². The summed E-state index contributed by atoms with van der Waals surface area (Å²) < 4.78 is 28.7. The molecule has 2 N–H and O–H groups in total. The molecule has 0 radical (unpaired) electrons. The lowest BCUT2D eigenvalue weighted by atomic mass is 10.3. The Kier molecular flexibility index (Phi) is 4.59. The summed E-state index contributed by atoms with van der Waals surface area (Å²) in [4.78, 5) is 4.91. The van der Waals surface area contributed by atoms with Crippen LogP contribution in [0.25, 0.3) is 0 Å². The first-order valence-corrected chi connectivity index (χ1v) is 8.49. The molecular weight excluding hydrogens is 298 g/mol. The van der Waals surface area contributed by atoms with E-state index in [1.165, 1.54) is 17.4 Å². The third kappa shape index (κ3) is 3.26. The number of hydrogen-bond donors (Lipinski definition) is 2. The van der Waals surface area contributed by atoms with Crippen molar-refractivity contribution in [1.29, 1.82) is 0 Å². The van der Waals surface area contributed by atoms with Crippen LogP contribution in [0.15, 0.2) is 28.9 Å². The van der Waals surface area contributed by atoms with Crippen molar-refractivity contribution in [2.45, 2.75) is 37.9 Å². The smallest absolute Gasteiger partial charge is 0.242 e. The number of hydrogen-bond acceptors (Lipinski definition) is 5. The average Bonchev–Trinajstić information content (AvgIpc) is 3.05. The first kappa shape index (κ1) is 15.2. The number of nitrogens with one attached hydrogen (secondary N) is 1. The average molecular weight is 315 g/mol. The summed E-state index contributed by atoms with van der Waals surface area (Å²) in [7, 11) is -3.58. The van der Waals surface area contributed by atoms with Crippen molar-refractivity contribution in [3.05, 3.63) is 34.5 Å². The Morgan fingerprint density at radius 3 is 2.75 bits per heavy atom. The fraction of sp³-hybridized carbons (Fsp3) is 0.417. The third-order valence-electron chi connectivity index (χ3n) is 2.86. The number of rotatable bonds is 6. The highest BCUT2D eigenvalue weighted by atomic mass is 32.2. The summed E-state index contributed by atoms with van der Waals surface area (Å²) in [5.74, 6) is 0. The van der Waals surface area contributed by atoms with Crippen LogP contribution in [0.2, 0.25) is 0 Å². The molecule has 0 saturated heterocycles. The minimum absolute atomic E-state index is 0.0857. The lowest BCUT2D eigenvalue weighted by molar-refractivity contribution is 0.268. The highest BCUT2D eigenvalue weighted by Gasteiger charge is 2.19. The molecule has 2 heterocycles. The van der Waals surface area contributed by atoms with Crippen LogP contribution in [0, 0.1) is 0 Å². The second-order valence-corrected chi connectivity index (χ2v) is 7.36. The highest BCUT2D eigenvalue weighted by Crippen LogP contribution is 2.19. The molecule has 6 nitrogen and oxygen atoms in total. The van der Waals surface area contributed by atoms with Gasteiger partial charge in [0.15, 0.2) is 0 Å². The molecule has 0 aliphatic heterocycles. The van der Waals surface area contributed by atoms with Crippen molar-refractivity contribution < 1.29 is 13.5 Å². The second-order valence-electron chi connectivity index (χ2n) is 4.62. The van der Waals surface area contributed by atoms with Gasteiger partial charge in [-0.15, -0.1) is 11.3 Å². The highest BCUT2D eigenvalue weighted by molar-refractivity contribution is 7.89. The van der Waals surface area contributed by atoms with E-state index in [9.17, 15) is 13.5 Å². The molecular formula is C12H17N3O3S2. The molecule has 2 rings (SSSR count). The number of thiazole rings is 1. The topological polar surface area (TPSA) is 84.2 Å². The molecule has 110 valence electrons. The zero-order valence-electron chi connectivity index (χ0n) is 11.3. The van der Waals surface area contributed by atoms with E-state index < -0.39 is 10.0 Å². The number of aliphatic hydroxyl groups excluding tert-OH is 1. The molecule has 0 unspecified atom stereocenters. The van der Waals surface area contributed by atoms with E-state index in [2.05, 4.69) is 9.71 Å². The van der Waals surface area contributed by atoms with Gasteiger partial charge in [-0.1, -0.05) is 0 Å². The molecule has 0 aliphatic rings. The molecule has 8 heteroatoms. The van der Waals surface area contributed by atoms with Gasteiger partial charge in [0.05, 0.1) is 17.0 Å². The maximum absolute atomic E-state index is 12.2. The predicted octanol–water partition coefficient (Wildman–Crippen LogP) is 1.50. The largest absolute Gasteiger partial charge is 0.390 e. The van der Waals surface area contributed by atoms with Crippen molar-refractivity contribution in [2.75, 3.05) is 0 Å². The molecule has 20 heavy (non-hydrogen) atoms. The van der Waals surface area contributed by atoms with Crippen molar-refractivity contribution >= 4 is 21.4 Å². The van der Waals surface area contributed by atoms with Crippen LogP contribution >= 0.6 is 11.3 Å². The van der Waals surface area contributed by atoms with Crippen LogP contribution in [-0.2, 0) is 23.2 Å². The number of aromatic nitrogens is 2. The van der Waals surface area contributed by atoms with Crippen LogP contribution in [-0.4, -0.2) is 23.1 Å². The van der Waals surface area contributed by atoms with Crippen LogP contribution in [0.3, 0.4) is 0 Å². The summed E-state index contributed by atoms with van der Waals surface area (Å²) in [6.07, 6.45) is 3.18. The molecule has 0 atom stereocenters. The molecule has 0 aromatic carbocycles. The maximum Gasteiger partial charge on any atom is 0.242 e. The summed E-state index contributed by atoms with van der Waals surface area (Å²) in [6.45, 7) is 3.89. The minimum Gasteiger partial charge on any atom is -0.390 e. The van der Waals surface area contributed by atoms with Gasteiger partial charge in [0.1, 0.15) is 0 Å². The summed E-state index contributed by atoms with van der Waals surface area (Å²) >= 11 is 1.39. The van der Waals surface area contributed by atoms with Crippen LogP contribution < -0.4 is 4.72 Å². The molecule has 0 amide bonds. The van der Waals surface area contributed by atoms with Gasteiger partial charge in [0.2, 0.25) is 10.0 Å². The van der Waals surface area contributed by atoms with Gasteiger partial charge in [0.25, 0.3) is 0 Å². The zero-order chi connectivity index (χ0) is 14.8. The van der Waals surface area contributed by atoms with Crippen molar-refractivity contribution in [3.8, 4) is 0 Å². The molecule has 0 aliphatic carbocycles. The number of sulfonamides is 1. The van der Waals surface area contributed by atoms with E-state index in [1.54, 1.807) is 22.5 Å². The van der Waals surface area contributed by atoms with Crippen molar-refractivity contribution in [2.24, 2.45) is 0 Å². The van der Waals surface area contributed by atoms with Gasteiger partial charge >= 0.3 is 0 Å². The molecule has 2 aromatic rings. The Labute approximate surface area is 122 Å². The first-order chi connectivity index (χ1) is 9.44. The van der Waals surface area contributed by atoms with E-state index in [0.717, 1.165) is 4.88 Å². The van der Waals surface area contributed by atoms with Gasteiger partial charge in [0, 0.05) is 35.6 Å². The lowest BCUT2D eigenvalue weighted by Crippen LogP contribution is -2.22. The predicted molar refractivity (Wildman–Crippen MR) is 76.9 cm³/mol. The monoisotopic (exact) mass is 315 g/mol. The van der Waals surface area contributed by atoms with Gasteiger partial charge < -0.3 is 9.67 Å². The van der Waals surface area contributed by atoms with Gasteiger partial charge in [-0.2, -0.15) is 0 Å². The summed E-state index contributed by atoms with van der Waals surface area (Å²) in [6, 6.07) is 1.58. The Morgan fingerprint density at radius 1 is 1.50 bits per heavy atom. The fourth-order valence-corrected chi connectivity index (χ4v) is 3.51. The molecule has 0 saturated carbocycles. The van der Waals surface area contributed by atoms with Gasteiger partial charge in [-0.05, 0) is 19.9 Å². The van der Waals surface area contributed by atoms with Crippen LogP contribution in [0.4, 0.5) is 0 Å². The summed E-state index contributed by atoms with van der Waals surface area (Å²) in [5, 5.41) is 9.28. The van der Waals surface area contributed by atoms with Gasteiger partial charge in [-0.3, -0.25) is 4.98 Å². The van der Waals surface area contributed by atoms with E-state index in [1.807, 2.05) is 13.8 Å². The standard InChI is InChI=1S/C12H17N3O3S2/c1-9(2)15-6-12(3-10(15)7-16)20(17,18)14-5-11-4-13-8-19-11/h3-4,6,8-9,14,16H,5,7H2,1-2H3. The molecule has 2 aromatic heterocycles. The van der Waals surface area contributed by atoms with Crippen LogP contribution in [0.5, 0.6) is 0 Å². The van der Waals surface area contributed by atoms with Crippen molar-refractivity contribution in [1.82, 2.24) is 14.3 Å². The number of nitrogens with zero attached hydrogens (tertiary/aromatic N) is 2. The Hall–Kier alpha value is -1.22. The normalized spacial score (nSPS) is 12.2. The maximum atomic E-state index is 12.2. The van der Waals surface area contributed by atoms with Crippen LogP contribution in [0.1, 0.15) is 30.5 Å². The zero-order valence-corrected chi connectivity index (χ0v) is 12.9. The van der Waals surface area contributed by atoms with Gasteiger partial charge in [-0.25, -0.2) is 13.1 Å². The SMILES string of the molecule is CC(C)n1cc(S(=O)(=O)NCc2cncs2)cc1CO. The summed E-state index contributed by atoms with van der Waals surface area (Å²) in [5.41, 5.74) is 2.24.